The number of nitrogens with zero attached hydrogens (tertiary/aromatic N) is 1. The summed E-state index contributed by atoms with van der Waals surface area (Å²) in [5, 5.41) is 11.3. The van der Waals surface area contributed by atoms with E-state index >= 15 is 0 Å². The predicted octanol–water partition coefficient (Wildman–Crippen LogP) is 5.33. The van der Waals surface area contributed by atoms with Gasteiger partial charge in [-0.2, -0.15) is 0 Å². The average molecular weight is 427 g/mol. The molecule has 3 aromatic rings. The first kappa shape index (κ1) is 20.2. The van der Waals surface area contributed by atoms with Crippen molar-refractivity contribution >= 4 is 23.1 Å². The number of Topliss-reactive ketones (excluding diaryl/α,β-unsaturated/α-hetero) is 1. The van der Waals surface area contributed by atoms with Gasteiger partial charge < -0.3 is 5.11 Å². The fourth-order valence-electron chi connectivity index (χ4n) is 4.68. The molecular weight excluding hydrogens is 405 g/mol. The molecule has 1 aliphatic heterocycles. The average Bonchev–Trinajstić information content (AvgIpc) is 3.09. The number of fused-ring (bicyclic) bond motifs is 1. The lowest BCUT2D eigenvalue weighted by molar-refractivity contribution is -0.132. The van der Waals surface area contributed by atoms with Crippen LogP contribution in [0.2, 0.25) is 0 Å². The first-order valence-corrected chi connectivity index (χ1v) is 10.8. The van der Waals surface area contributed by atoms with Crippen LogP contribution in [0.5, 0.6) is 0 Å². The highest BCUT2D eigenvalue weighted by Gasteiger charge is 2.46. The Balaban J connectivity index is 1.69. The van der Waals surface area contributed by atoms with Crippen molar-refractivity contribution in [2.24, 2.45) is 0 Å². The molecule has 4 nitrogen and oxygen atoms in total. The van der Waals surface area contributed by atoms with Crippen LogP contribution in [-0.4, -0.2) is 16.8 Å². The topological polar surface area (TPSA) is 57.6 Å². The summed E-state index contributed by atoms with van der Waals surface area (Å²) in [6, 6.07) is 19.4. The minimum Gasteiger partial charge on any atom is -0.507 e. The molecule has 5 rings (SSSR count). The molecule has 2 aliphatic rings. The summed E-state index contributed by atoms with van der Waals surface area (Å²) in [4.78, 5) is 27.6. The third-order valence-electron chi connectivity index (χ3n) is 6.29. The Kier molecular flexibility index (Phi) is 5.10. The number of anilines is 1. The van der Waals surface area contributed by atoms with Crippen molar-refractivity contribution in [3.8, 4) is 0 Å². The molecule has 0 bridgehead atoms. The van der Waals surface area contributed by atoms with Crippen molar-refractivity contribution in [1.29, 1.82) is 0 Å². The van der Waals surface area contributed by atoms with Crippen LogP contribution < -0.4 is 4.90 Å². The largest absolute Gasteiger partial charge is 0.507 e. The zero-order chi connectivity index (χ0) is 22.2. The fourth-order valence-corrected chi connectivity index (χ4v) is 4.68. The number of amides is 1. The lowest BCUT2D eigenvalue weighted by Gasteiger charge is -2.25. The first-order valence-electron chi connectivity index (χ1n) is 10.8. The Bertz CT molecular complexity index is 1230. The molecule has 1 unspecified atom stereocenters. The summed E-state index contributed by atoms with van der Waals surface area (Å²) in [5.74, 6) is -2.09. The van der Waals surface area contributed by atoms with Crippen molar-refractivity contribution in [3.63, 3.8) is 0 Å². The van der Waals surface area contributed by atoms with Crippen LogP contribution in [0, 0.1) is 5.82 Å². The van der Waals surface area contributed by atoms with Gasteiger partial charge in [0, 0.05) is 11.3 Å². The van der Waals surface area contributed by atoms with Gasteiger partial charge in [-0.05, 0) is 72.7 Å². The molecule has 1 amide bonds. The van der Waals surface area contributed by atoms with Crippen LogP contribution in [0.4, 0.5) is 10.1 Å². The second kappa shape index (κ2) is 8.08. The summed E-state index contributed by atoms with van der Waals surface area (Å²) < 4.78 is 13.6. The van der Waals surface area contributed by atoms with Crippen LogP contribution >= 0.6 is 0 Å². The van der Waals surface area contributed by atoms with Crippen LogP contribution in [-0.2, 0) is 22.4 Å². The molecule has 0 saturated carbocycles. The molecule has 0 spiro atoms. The monoisotopic (exact) mass is 427 g/mol. The highest BCUT2D eigenvalue weighted by Crippen LogP contribution is 2.42. The second-order valence-electron chi connectivity index (χ2n) is 8.25. The standard InChI is InChI=1S/C27H22FNO3/c28-21-14-12-18(13-15-21)24-23(26(31)27(32)29(24)22-8-2-1-3-9-22)25(30)20-11-10-17-6-4-5-7-19(17)16-20/h1-3,8-16,24,30H,4-7H2/b25-23-. The lowest BCUT2D eigenvalue weighted by atomic mass is 9.88. The number of halogens is 1. The number of aryl methyl sites for hydroxylation is 2. The molecule has 1 aliphatic carbocycles. The predicted molar refractivity (Wildman–Crippen MR) is 121 cm³/mol. The number of ketones is 1. The highest BCUT2D eigenvalue weighted by molar-refractivity contribution is 6.51. The maximum Gasteiger partial charge on any atom is 0.300 e. The smallest absolute Gasteiger partial charge is 0.300 e. The maximum atomic E-state index is 13.6. The molecule has 1 N–H and O–H groups in total. The lowest BCUT2D eigenvalue weighted by Crippen LogP contribution is -2.29. The van der Waals surface area contributed by atoms with Crippen molar-refractivity contribution in [3.05, 3.63) is 106 Å². The first-order chi connectivity index (χ1) is 15.5. The molecule has 1 fully saturated rings. The van der Waals surface area contributed by atoms with Crippen molar-refractivity contribution < 1.29 is 19.1 Å². The number of hydrogen-bond donors (Lipinski definition) is 1. The summed E-state index contributed by atoms with van der Waals surface area (Å²) in [6.45, 7) is 0. The molecule has 0 radical (unpaired) electrons. The minimum absolute atomic E-state index is 0.0150. The molecule has 1 saturated heterocycles. The van der Waals surface area contributed by atoms with Crippen LogP contribution in [0.3, 0.4) is 0 Å². The van der Waals surface area contributed by atoms with Gasteiger partial charge in [0.25, 0.3) is 11.7 Å². The van der Waals surface area contributed by atoms with Gasteiger partial charge >= 0.3 is 0 Å². The number of aliphatic hydroxyl groups excluding tert-OH is 1. The Labute approximate surface area is 185 Å². The number of benzene rings is 3. The van der Waals surface area contributed by atoms with Crippen LogP contribution in [0.15, 0.2) is 78.4 Å². The van der Waals surface area contributed by atoms with E-state index in [0.29, 0.717) is 16.8 Å². The Hall–Kier alpha value is -3.73. The van der Waals surface area contributed by atoms with E-state index < -0.39 is 23.5 Å². The van der Waals surface area contributed by atoms with Gasteiger partial charge in [-0.3, -0.25) is 14.5 Å². The van der Waals surface area contributed by atoms with E-state index in [9.17, 15) is 19.1 Å². The van der Waals surface area contributed by atoms with Crippen LogP contribution in [0.1, 0.15) is 41.1 Å². The molecule has 3 aromatic carbocycles. The summed E-state index contributed by atoms with van der Waals surface area (Å²) >= 11 is 0. The van der Waals surface area contributed by atoms with Crippen LogP contribution in [0.25, 0.3) is 5.76 Å². The van der Waals surface area contributed by atoms with E-state index in [4.69, 9.17) is 0 Å². The summed E-state index contributed by atoms with van der Waals surface area (Å²) in [6.07, 6.45) is 4.16. The van der Waals surface area contributed by atoms with Crippen molar-refractivity contribution in [2.45, 2.75) is 31.7 Å². The van der Waals surface area contributed by atoms with E-state index in [2.05, 4.69) is 0 Å². The summed E-state index contributed by atoms with van der Waals surface area (Å²) in [7, 11) is 0. The van der Waals surface area contributed by atoms with Gasteiger partial charge in [-0.1, -0.05) is 42.5 Å². The van der Waals surface area contributed by atoms with E-state index in [1.807, 2.05) is 18.2 Å². The Morgan fingerprint density at radius 3 is 2.28 bits per heavy atom. The molecular formula is C27H22FNO3. The van der Waals surface area contributed by atoms with Gasteiger partial charge in [0.1, 0.15) is 11.6 Å². The molecule has 1 atom stereocenters. The van der Waals surface area contributed by atoms with Gasteiger partial charge in [-0.25, -0.2) is 4.39 Å². The number of para-hydroxylation sites is 1. The number of hydrogen-bond acceptors (Lipinski definition) is 3. The maximum absolute atomic E-state index is 13.6. The number of carbonyl (C=O) groups excluding carboxylic acids is 2. The number of carbonyl (C=O) groups is 2. The van der Waals surface area contributed by atoms with Gasteiger partial charge in [0.15, 0.2) is 0 Å². The van der Waals surface area contributed by atoms with E-state index in [-0.39, 0.29) is 11.3 Å². The number of aliphatic hydroxyl groups is 1. The van der Waals surface area contributed by atoms with Gasteiger partial charge in [0.2, 0.25) is 0 Å². The van der Waals surface area contributed by atoms with Gasteiger partial charge in [0.05, 0.1) is 11.6 Å². The number of rotatable bonds is 3. The molecule has 1 heterocycles. The molecule has 0 aromatic heterocycles. The van der Waals surface area contributed by atoms with Crippen molar-refractivity contribution in [1.82, 2.24) is 0 Å². The SMILES string of the molecule is O=C1C(=O)N(c2ccccc2)C(c2ccc(F)cc2)/C1=C(/O)c1ccc2c(c1)CCCC2. The van der Waals surface area contributed by atoms with Gasteiger partial charge in [-0.15, -0.1) is 0 Å². The highest BCUT2D eigenvalue weighted by atomic mass is 19.1. The quantitative estimate of drug-likeness (QED) is 0.349. The zero-order valence-electron chi connectivity index (χ0n) is 17.4. The molecule has 32 heavy (non-hydrogen) atoms. The fraction of sp³-hybridized carbons (Fsp3) is 0.185. The Morgan fingerprint density at radius 2 is 1.56 bits per heavy atom. The third-order valence-corrected chi connectivity index (χ3v) is 6.29. The van der Waals surface area contributed by atoms with E-state index in [1.54, 1.807) is 42.5 Å². The molecule has 160 valence electrons. The van der Waals surface area contributed by atoms with E-state index in [1.165, 1.54) is 22.6 Å². The summed E-state index contributed by atoms with van der Waals surface area (Å²) in [5.41, 5.74) is 4.04. The molecule has 5 heteroatoms. The minimum atomic E-state index is -0.853. The third kappa shape index (κ3) is 3.40. The second-order valence-corrected chi connectivity index (χ2v) is 8.25. The Morgan fingerprint density at radius 1 is 0.875 bits per heavy atom. The van der Waals surface area contributed by atoms with Crippen molar-refractivity contribution in [2.75, 3.05) is 4.90 Å². The normalized spacial score (nSPS) is 19.8. The van der Waals surface area contributed by atoms with E-state index in [0.717, 1.165) is 31.2 Å². The zero-order valence-corrected chi connectivity index (χ0v) is 17.4.